The van der Waals surface area contributed by atoms with Gasteiger partial charge in [-0.2, -0.15) is 4.68 Å². The van der Waals surface area contributed by atoms with Gasteiger partial charge in [-0.1, -0.05) is 24.3 Å². The molecule has 1 heterocycles. The molecule has 0 aliphatic carbocycles. The van der Waals surface area contributed by atoms with Gasteiger partial charge in [0.25, 0.3) is 0 Å². The molecular weight excluding hydrogens is 365 g/mol. The lowest BCUT2D eigenvalue weighted by molar-refractivity contribution is -0.119. The molecule has 0 saturated heterocycles. The van der Waals surface area contributed by atoms with E-state index in [4.69, 9.17) is 4.42 Å². The van der Waals surface area contributed by atoms with Crippen LogP contribution in [-0.2, 0) is 11.3 Å². The SMILES string of the molecule is CC(=O)N[C@H](C)c1ccc(C(=O)Cn2nc(-c3ccc(F)cc3)oc2=O)cc1. The molecule has 144 valence electrons. The summed E-state index contributed by atoms with van der Waals surface area (Å²) in [6.45, 7) is 2.98. The van der Waals surface area contributed by atoms with Crippen molar-refractivity contribution in [1.29, 1.82) is 0 Å². The minimum absolute atomic E-state index is 0.0114. The van der Waals surface area contributed by atoms with Gasteiger partial charge in [0.15, 0.2) is 5.78 Å². The quantitative estimate of drug-likeness (QED) is 0.661. The molecule has 1 aromatic heterocycles. The summed E-state index contributed by atoms with van der Waals surface area (Å²) in [5.74, 6) is -1.65. The Kier molecular flexibility index (Phi) is 5.49. The monoisotopic (exact) mass is 383 g/mol. The second-order valence-electron chi connectivity index (χ2n) is 6.31. The molecule has 0 aliphatic heterocycles. The second-order valence-corrected chi connectivity index (χ2v) is 6.31. The fraction of sp³-hybridized carbons (Fsp3) is 0.200. The van der Waals surface area contributed by atoms with Gasteiger partial charge in [0, 0.05) is 18.1 Å². The standard InChI is InChI=1S/C20H18FN3O4/c1-12(22-13(2)25)14-3-5-15(6-4-14)18(26)11-24-20(27)28-19(23-24)16-7-9-17(21)10-8-16/h3-10,12H,11H2,1-2H3,(H,22,25)/t12-/m1/s1. The third-order valence-electron chi connectivity index (χ3n) is 4.14. The summed E-state index contributed by atoms with van der Waals surface area (Å²) in [6, 6.07) is 11.9. The van der Waals surface area contributed by atoms with Crippen LogP contribution < -0.4 is 11.1 Å². The molecule has 1 amide bonds. The molecule has 0 aliphatic rings. The highest BCUT2D eigenvalue weighted by Gasteiger charge is 2.15. The minimum atomic E-state index is -0.774. The van der Waals surface area contributed by atoms with E-state index in [1.165, 1.54) is 31.2 Å². The first-order valence-electron chi connectivity index (χ1n) is 8.57. The summed E-state index contributed by atoms with van der Waals surface area (Å²) in [7, 11) is 0. The lowest BCUT2D eigenvalue weighted by atomic mass is 10.0. The largest absolute Gasteiger partial charge is 0.437 e. The van der Waals surface area contributed by atoms with Crippen LogP contribution in [-0.4, -0.2) is 21.5 Å². The summed E-state index contributed by atoms with van der Waals surface area (Å²) in [5.41, 5.74) is 1.68. The van der Waals surface area contributed by atoms with E-state index in [1.807, 2.05) is 6.92 Å². The van der Waals surface area contributed by atoms with Gasteiger partial charge in [0.2, 0.25) is 11.8 Å². The Bertz CT molecular complexity index is 1050. The fourth-order valence-corrected chi connectivity index (χ4v) is 2.69. The fourth-order valence-electron chi connectivity index (χ4n) is 2.69. The van der Waals surface area contributed by atoms with E-state index in [9.17, 15) is 18.8 Å². The third-order valence-corrected chi connectivity index (χ3v) is 4.14. The molecule has 7 nitrogen and oxygen atoms in total. The van der Waals surface area contributed by atoms with Crippen molar-refractivity contribution in [3.8, 4) is 11.5 Å². The molecule has 28 heavy (non-hydrogen) atoms. The molecule has 3 rings (SSSR count). The highest BCUT2D eigenvalue weighted by molar-refractivity contribution is 5.95. The molecule has 2 aromatic carbocycles. The number of carbonyl (C=O) groups excluding carboxylic acids is 2. The smallest absolute Gasteiger partial charge is 0.388 e. The number of ketones is 1. The summed E-state index contributed by atoms with van der Waals surface area (Å²) in [6.07, 6.45) is 0. The van der Waals surface area contributed by atoms with Crippen molar-refractivity contribution in [1.82, 2.24) is 15.1 Å². The number of nitrogens with zero attached hydrogens (tertiary/aromatic N) is 2. The average Bonchev–Trinajstić information content (AvgIpc) is 3.02. The Morgan fingerprint density at radius 3 is 2.39 bits per heavy atom. The lowest BCUT2D eigenvalue weighted by Crippen LogP contribution is -2.24. The number of halogens is 1. The summed E-state index contributed by atoms with van der Waals surface area (Å²) >= 11 is 0. The normalized spacial score (nSPS) is 11.8. The maximum Gasteiger partial charge on any atom is 0.437 e. The van der Waals surface area contributed by atoms with E-state index in [2.05, 4.69) is 10.4 Å². The summed E-state index contributed by atoms with van der Waals surface area (Å²) in [4.78, 5) is 35.5. The number of Topliss-reactive ketones (excluding diaryl/α,β-unsaturated/α-hetero) is 1. The van der Waals surface area contributed by atoms with E-state index >= 15 is 0 Å². The number of rotatable bonds is 6. The molecule has 0 spiro atoms. The Hall–Kier alpha value is -3.55. The molecule has 3 aromatic rings. The predicted molar refractivity (Wildman–Crippen MR) is 99.2 cm³/mol. The first kappa shape index (κ1) is 19.2. The molecule has 0 saturated carbocycles. The van der Waals surface area contributed by atoms with Crippen LogP contribution >= 0.6 is 0 Å². The van der Waals surface area contributed by atoms with Gasteiger partial charge in [-0.15, -0.1) is 5.10 Å². The Balaban J connectivity index is 1.73. The van der Waals surface area contributed by atoms with Crippen LogP contribution in [0.3, 0.4) is 0 Å². The maximum atomic E-state index is 13.0. The third kappa shape index (κ3) is 4.40. The van der Waals surface area contributed by atoms with Crippen LogP contribution in [0.5, 0.6) is 0 Å². The molecular formula is C20H18FN3O4. The van der Waals surface area contributed by atoms with Crippen LogP contribution in [0.4, 0.5) is 4.39 Å². The molecule has 0 unspecified atom stereocenters. The van der Waals surface area contributed by atoms with Crippen molar-refractivity contribution < 1.29 is 18.4 Å². The molecule has 0 bridgehead atoms. The van der Waals surface area contributed by atoms with Crippen molar-refractivity contribution in [2.24, 2.45) is 0 Å². The van der Waals surface area contributed by atoms with E-state index < -0.39 is 11.6 Å². The number of aromatic nitrogens is 2. The number of carbonyl (C=O) groups is 2. The topological polar surface area (TPSA) is 94.2 Å². The van der Waals surface area contributed by atoms with Crippen molar-refractivity contribution in [3.05, 3.63) is 76.0 Å². The molecule has 0 fully saturated rings. The number of hydrogen-bond donors (Lipinski definition) is 1. The van der Waals surface area contributed by atoms with Crippen LogP contribution in [0, 0.1) is 5.82 Å². The number of nitrogens with one attached hydrogen (secondary N) is 1. The van der Waals surface area contributed by atoms with Crippen molar-refractivity contribution >= 4 is 11.7 Å². The van der Waals surface area contributed by atoms with E-state index in [-0.39, 0.29) is 30.2 Å². The molecule has 8 heteroatoms. The van der Waals surface area contributed by atoms with Crippen LogP contribution in [0.15, 0.2) is 57.7 Å². The first-order valence-corrected chi connectivity index (χ1v) is 8.57. The Morgan fingerprint density at radius 2 is 1.79 bits per heavy atom. The van der Waals surface area contributed by atoms with Gasteiger partial charge in [-0.25, -0.2) is 9.18 Å². The van der Waals surface area contributed by atoms with Gasteiger partial charge in [-0.3, -0.25) is 9.59 Å². The highest BCUT2D eigenvalue weighted by Crippen LogP contribution is 2.16. The molecule has 0 radical (unpaired) electrons. The highest BCUT2D eigenvalue weighted by atomic mass is 19.1. The zero-order valence-electron chi connectivity index (χ0n) is 15.3. The lowest BCUT2D eigenvalue weighted by Gasteiger charge is -2.13. The zero-order chi connectivity index (χ0) is 20.3. The summed E-state index contributed by atoms with van der Waals surface area (Å²) in [5, 5.41) is 6.76. The van der Waals surface area contributed by atoms with Crippen LogP contribution in [0.25, 0.3) is 11.5 Å². The van der Waals surface area contributed by atoms with Gasteiger partial charge in [0.1, 0.15) is 12.4 Å². The number of amides is 1. The van der Waals surface area contributed by atoms with Gasteiger partial charge < -0.3 is 9.73 Å². The second kappa shape index (κ2) is 7.99. The van der Waals surface area contributed by atoms with Crippen molar-refractivity contribution in [2.45, 2.75) is 26.4 Å². The van der Waals surface area contributed by atoms with Crippen molar-refractivity contribution in [3.63, 3.8) is 0 Å². The zero-order valence-corrected chi connectivity index (χ0v) is 15.3. The predicted octanol–water partition coefficient (Wildman–Crippen LogP) is 2.72. The van der Waals surface area contributed by atoms with E-state index in [0.29, 0.717) is 11.1 Å². The molecule has 1 atom stereocenters. The van der Waals surface area contributed by atoms with E-state index in [0.717, 1.165) is 10.2 Å². The van der Waals surface area contributed by atoms with Gasteiger partial charge in [0.05, 0.1) is 6.04 Å². The van der Waals surface area contributed by atoms with E-state index in [1.54, 1.807) is 24.3 Å². The maximum absolute atomic E-state index is 13.0. The van der Waals surface area contributed by atoms with Crippen LogP contribution in [0.1, 0.15) is 35.8 Å². The molecule has 1 N–H and O–H groups in total. The summed E-state index contributed by atoms with van der Waals surface area (Å²) < 4.78 is 19.0. The Morgan fingerprint density at radius 1 is 1.14 bits per heavy atom. The Labute approximate surface area is 159 Å². The van der Waals surface area contributed by atoms with Crippen molar-refractivity contribution in [2.75, 3.05) is 0 Å². The van der Waals surface area contributed by atoms with Crippen LogP contribution in [0.2, 0.25) is 0 Å². The average molecular weight is 383 g/mol. The number of hydrogen-bond acceptors (Lipinski definition) is 5. The minimum Gasteiger partial charge on any atom is -0.388 e. The first-order chi connectivity index (χ1) is 13.3. The van der Waals surface area contributed by atoms with Gasteiger partial charge >= 0.3 is 5.76 Å². The number of benzene rings is 2. The van der Waals surface area contributed by atoms with Gasteiger partial charge in [-0.05, 0) is 36.8 Å².